The van der Waals surface area contributed by atoms with Crippen LogP contribution in [0, 0.1) is 6.92 Å². The summed E-state index contributed by atoms with van der Waals surface area (Å²) in [6.07, 6.45) is 4.32. The third kappa shape index (κ3) is 1.80. The third-order valence-electron chi connectivity index (χ3n) is 3.76. The topological polar surface area (TPSA) is 60.9 Å². The van der Waals surface area contributed by atoms with Crippen molar-refractivity contribution in [1.82, 2.24) is 29.4 Å². The van der Waals surface area contributed by atoms with E-state index < -0.39 is 0 Å². The van der Waals surface area contributed by atoms with Crippen LogP contribution < -0.4 is 0 Å². The molecule has 0 saturated carbocycles. The lowest BCUT2D eigenvalue weighted by molar-refractivity contribution is 0.875. The van der Waals surface area contributed by atoms with Crippen LogP contribution in [-0.4, -0.2) is 29.4 Å². The molecule has 3 aromatic heterocycles. The Balaban J connectivity index is 2.03. The molecule has 0 N–H and O–H groups in total. The van der Waals surface area contributed by atoms with Gasteiger partial charge in [0.2, 0.25) is 0 Å². The van der Waals surface area contributed by atoms with Gasteiger partial charge in [-0.2, -0.15) is 5.10 Å². The normalized spacial score (nSPS) is 11.6. The molecule has 0 unspecified atom stereocenters. The molecule has 0 fully saturated rings. The van der Waals surface area contributed by atoms with Gasteiger partial charge in [0, 0.05) is 11.4 Å². The SMILES string of the molecule is CCc1nnc2c3cnn(-c4cc(Cl)ccc4C)c3ncn12. The van der Waals surface area contributed by atoms with Gasteiger partial charge < -0.3 is 0 Å². The molecule has 110 valence electrons. The molecule has 0 amide bonds. The van der Waals surface area contributed by atoms with Gasteiger partial charge in [0.15, 0.2) is 11.3 Å². The number of hydrogen-bond donors (Lipinski definition) is 0. The second-order valence-corrected chi connectivity index (χ2v) is 5.57. The third-order valence-corrected chi connectivity index (χ3v) is 4.00. The van der Waals surface area contributed by atoms with Crippen molar-refractivity contribution < 1.29 is 0 Å². The molecule has 0 spiro atoms. The molecule has 0 atom stereocenters. The lowest BCUT2D eigenvalue weighted by Gasteiger charge is -2.07. The maximum absolute atomic E-state index is 6.11. The summed E-state index contributed by atoms with van der Waals surface area (Å²) in [5.41, 5.74) is 3.50. The fourth-order valence-electron chi connectivity index (χ4n) is 2.59. The molecular formula is C15H13ClN6. The summed E-state index contributed by atoms with van der Waals surface area (Å²) >= 11 is 6.11. The number of fused-ring (bicyclic) bond motifs is 3. The van der Waals surface area contributed by atoms with Crippen LogP contribution in [0.15, 0.2) is 30.7 Å². The Labute approximate surface area is 131 Å². The number of benzene rings is 1. The molecule has 0 radical (unpaired) electrons. The molecule has 0 aliphatic heterocycles. The molecule has 22 heavy (non-hydrogen) atoms. The lowest BCUT2D eigenvalue weighted by atomic mass is 10.2. The number of nitrogens with zero attached hydrogens (tertiary/aromatic N) is 6. The largest absolute Gasteiger partial charge is 0.269 e. The molecule has 6 nitrogen and oxygen atoms in total. The second-order valence-electron chi connectivity index (χ2n) is 5.13. The van der Waals surface area contributed by atoms with Gasteiger partial charge in [0.05, 0.1) is 17.3 Å². The molecule has 7 heteroatoms. The number of hydrogen-bond acceptors (Lipinski definition) is 4. The minimum absolute atomic E-state index is 0.668. The van der Waals surface area contributed by atoms with E-state index in [9.17, 15) is 0 Å². The molecule has 1 aromatic carbocycles. The average Bonchev–Trinajstić information content (AvgIpc) is 3.12. The van der Waals surface area contributed by atoms with Crippen molar-refractivity contribution in [1.29, 1.82) is 0 Å². The number of aryl methyl sites for hydroxylation is 2. The van der Waals surface area contributed by atoms with Gasteiger partial charge >= 0.3 is 0 Å². The molecule has 4 aromatic rings. The van der Waals surface area contributed by atoms with E-state index in [1.807, 2.05) is 36.4 Å². The van der Waals surface area contributed by atoms with Crippen LogP contribution in [0.2, 0.25) is 5.02 Å². The highest BCUT2D eigenvalue weighted by Crippen LogP contribution is 2.24. The summed E-state index contributed by atoms with van der Waals surface area (Å²) in [4.78, 5) is 4.54. The highest BCUT2D eigenvalue weighted by Gasteiger charge is 2.14. The van der Waals surface area contributed by atoms with Crippen molar-refractivity contribution in [2.45, 2.75) is 20.3 Å². The number of rotatable bonds is 2. The first kappa shape index (κ1) is 13.2. The van der Waals surface area contributed by atoms with Crippen LogP contribution in [0.25, 0.3) is 22.4 Å². The smallest absolute Gasteiger partial charge is 0.174 e. The Kier molecular flexibility index (Phi) is 2.87. The van der Waals surface area contributed by atoms with Gasteiger partial charge in [-0.3, -0.25) is 4.40 Å². The van der Waals surface area contributed by atoms with Crippen molar-refractivity contribution >= 4 is 28.3 Å². The standard InChI is InChI=1S/C15H13ClN6/c1-3-13-19-20-15-11-7-18-22(14(11)17-8-21(13)15)12-6-10(16)5-4-9(12)2/h4-8H,3H2,1-2H3. The Bertz CT molecular complexity index is 1000. The van der Waals surface area contributed by atoms with E-state index in [1.54, 1.807) is 17.2 Å². The maximum atomic E-state index is 6.11. The summed E-state index contributed by atoms with van der Waals surface area (Å²) in [7, 11) is 0. The van der Waals surface area contributed by atoms with Crippen molar-refractivity contribution in [3.63, 3.8) is 0 Å². The molecule has 4 rings (SSSR count). The quantitative estimate of drug-likeness (QED) is 0.571. The van der Waals surface area contributed by atoms with E-state index in [-0.39, 0.29) is 0 Å². The Morgan fingerprint density at radius 2 is 2.05 bits per heavy atom. The van der Waals surface area contributed by atoms with Gasteiger partial charge in [0.1, 0.15) is 12.2 Å². The van der Waals surface area contributed by atoms with E-state index in [4.69, 9.17) is 11.6 Å². The molecule has 3 heterocycles. The van der Waals surface area contributed by atoms with Crippen LogP contribution >= 0.6 is 11.6 Å². The van der Waals surface area contributed by atoms with Gasteiger partial charge in [0.25, 0.3) is 0 Å². The van der Waals surface area contributed by atoms with Crippen molar-refractivity contribution in [2.24, 2.45) is 0 Å². The van der Waals surface area contributed by atoms with Crippen molar-refractivity contribution in [3.05, 3.63) is 47.1 Å². The van der Waals surface area contributed by atoms with Crippen LogP contribution in [0.5, 0.6) is 0 Å². The lowest BCUT2D eigenvalue weighted by Crippen LogP contribution is -2.01. The van der Waals surface area contributed by atoms with E-state index in [2.05, 4.69) is 20.3 Å². The van der Waals surface area contributed by atoms with E-state index in [1.165, 1.54) is 0 Å². The highest BCUT2D eigenvalue weighted by atomic mass is 35.5. The van der Waals surface area contributed by atoms with Crippen LogP contribution in [-0.2, 0) is 6.42 Å². The van der Waals surface area contributed by atoms with Crippen LogP contribution in [0.3, 0.4) is 0 Å². The summed E-state index contributed by atoms with van der Waals surface area (Å²) in [6, 6.07) is 5.72. The van der Waals surface area contributed by atoms with Crippen molar-refractivity contribution in [3.8, 4) is 5.69 Å². The summed E-state index contributed by atoms with van der Waals surface area (Å²) < 4.78 is 3.69. The second kappa shape index (κ2) is 4.78. The Hall–Kier alpha value is -2.47. The molecule has 0 aliphatic carbocycles. The van der Waals surface area contributed by atoms with Gasteiger partial charge in [-0.25, -0.2) is 9.67 Å². The van der Waals surface area contributed by atoms with Gasteiger partial charge in [-0.15, -0.1) is 10.2 Å². The molecule has 0 aliphatic rings. The highest BCUT2D eigenvalue weighted by molar-refractivity contribution is 6.30. The van der Waals surface area contributed by atoms with Gasteiger partial charge in [-0.1, -0.05) is 24.6 Å². The zero-order valence-electron chi connectivity index (χ0n) is 12.2. The number of halogens is 1. The van der Waals surface area contributed by atoms with Crippen LogP contribution in [0.1, 0.15) is 18.3 Å². The van der Waals surface area contributed by atoms with E-state index >= 15 is 0 Å². The molecule has 0 bridgehead atoms. The average molecular weight is 313 g/mol. The number of aromatic nitrogens is 6. The van der Waals surface area contributed by atoms with Gasteiger partial charge in [-0.05, 0) is 24.6 Å². The molecule has 0 saturated heterocycles. The monoisotopic (exact) mass is 312 g/mol. The summed E-state index contributed by atoms with van der Waals surface area (Å²) in [5, 5.41) is 14.5. The Morgan fingerprint density at radius 3 is 2.86 bits per heavy atom. The summed E-state index contributed by atoms with van der Waals surface area (Å²) in [5.74, 6) is 0.885. The fourth-order valence-corrected chi connectivity index (χ4v) is 2.76. The minimum Gasteiger partial charge on any atom is -0.269 e. The Morgan fingerprint density at radius 1 is 1.18 bits per heavy atom. The zero-order valence-corrected chi connectivity index (χ0v) is 12.9. The fraction of sp³-hybridized carbons (Fsp3) is 0.200. The minimum atomic E-state index is 0.668. The maximum Gasteiger partial charge on any atom is 0.174 e. The van der Waals surface area contributed by atoms with E-state index in [0.717, 1.165) is 40.2 Å². The predicted octanol–water partition coefficient (Wildman–Crippen LogP) is 2.99. The zero-order chi connectivity index (χ0) is 15.3. The first-order valence-electron chi connectivity index (χ1n) is 7.02. The van der Waals surface area contributed by atoms with Crippen molar-refractivity contribution in [2.75, 3.05) is 0 Å². The van der Waals surface area contributed by atoms with E-state index in [0.29, 0.717) is 5.02 Å². The molecular weight excluding hydrogens is 300 g/mol. The predicted molar refractivity (Wildman–Crippen MR) is 84.5 cm³/mol. The first-order valence-corrected chi connectivity index (χ1v) is 7.39. The first-order chi connectivity index (χ1) is 10.7. The summed E-state index contributed by atoms with van der Waals surface area (Å²) in [6.45, 7) is 4.06. The van der Waals surface area contributed by atoms with Crippen LogP contribution in [0.4, 0.5) is 0 Å².